The van der Waals surface area contributed by atoms with Crippen LogP contribution in [0.4, 0.5) is 0 Å². The van der Waals surface area contributed by atoms with E-state index in [-0.39, 0.29) is 6.10 Å². The van der Waals surface area contributed by atoms with Crippen LogP contribution in [0.5, 0.6) is 0 Å². The molecule has 2 fully saturated rings. The molecule has 0 aliphatic heterocycles. The number of likely N-dealkylation sites (N-methyl/N-ethyl adjacent to an activating group) is 1. The van der Waals surface area contributed by atoms with Gasteiger partial charge in [-0.3, -0.25) is 0 Å². The van der Waals surface area contributed by atoms with Gasteiger partial charge in [-0.05, 0) is 25.8 Å². The van der Waals surface area contributed by atoms with Crippen LogP contribution in [-0.2, 0) is 9.47 Å². The Morgan fingerprint density at radius 1 is 1.19 bits per heavy atom. The van der Waals surface area contributed by atoms with Gasteiger partial charge in [0.2, 0.25) is 0 Å². The smallest absolute Gasteiger partial charge is 0.0987 e. The van der Waals surface area contributed by atoms with Crippen LogP contribution in [0, 0.1) is 0 Å². The second-order valence-corrected chi connectivity index (χ2v) is 5.03. The average molecular weight is 227 g/mol. The normalized spacial score (nSPS) is 36.0. The predicted molar refractivity (Wildman–Crippen MR) is 64.6 cm³/mol. The van der Waals surface area contributed by atoms with Gasteiger partial charge in [0, 0.05) is 13.2 Å². The van der Waals surface area contributed by atoms with Gasteiger partial charge >= 0.3 is 0 Å². The van der Waals surface area contributed by atoms with E-state index in [2.05, 4.69) is 12.2 Å². The van der Waals surface area contributed by atoms with Crippen molar-refractivity contribution in [3.8, 4) is 0 Å². The van der Waals surface area contributed by atoms with Gasteiger partial charge in [-0.25, -0.2) is 0 Å². The molecule has 3 unspecified atom stereocenters. The van der Waals surface area contributed by atoms with Gasteiger partial charge in [-0.1, -0.05) is 26.2 Å². The van der Waals surface area contributed by atoms with Crippen molar-refractivity contribution in [2.45, 2.75) is 69.8 Å². The summed E-state index contributed by atoms with van der Waals surface area (Å²) in [7, 11) is 1.80. The van der Waals surface area contributed by atoms with Crippen molar-refractivity contribution < 1.29 is 9.47 Å². The molecule has 0 radical (unpaired) electrons. The highest BCUT2D eigenvalue weighted by atomic mass is 16.5. The van der Waals surface area contributed by atoms with Gasteiger partial charge in [0.1, 0.15) is 0 Å². The second kappa shape index (κ2) is 5.99. The maximum absolute atomic E-state index is 6.14. The van der Waals surface area contributed by atoms with Gasteiger partial charge in [0.25, 0.3) is 0 Å². The standard InChI is InChI=1S/C13H25NO2/c1-3-14-11-9-12(13(11)15-2)16-10-7-5-4-6-8-10/h10-14H,3-9H2,1-2H3. The summed E-state index contributed by atoms with van der Waals surface area (Å²) in [6.45, 7) is 3.16. The van der Waals surface area contributed by atoms with Crippen molar-refractivity contribution >= 4 is 0 Å². The first-order valence-electron chi connectivity index (χ1n) is 6.76. The van der Waals surface area contributed by atoms with E-state index in [0.717, 1.165) is 13.0 Å². The average Bonchev–Trinajstić information content (AvgIpc) is 2.29. The highest BCUT2D eigenvalue weighted by Crippen LogP contribution is 2.31. The van der Waals surface area contributed by atoms with Crippen molar-refractivity contribution in [3.63, 3.8) is 0 Å². The fourth-order valence-electron chi connectivity index (χ4n) is 2.94. The van der Waals surface area contributed by atoms with Crippen molar-refractivity contribution in [1.82, 2.24) is 5.32 Å². The topological polar surface area (TPSA) is 30.5 Å². The van der Waals surface area contributed by atoms with Crippen LogP contribution in [-0.4, -0.2) is 38.0 Å². The van der Waals surface area contributed by atoms with Gasteiger partial charge in [0.15, 0.2) is 0 Å². The van der Waals surface area contributed by atoms with Crippen LogP contribution in [0.3, 0.4) is 0 Å². The molecular weight excluding hydrogens is 202 g/mol. The molecule has 0 spiro atoms. The molecule has 0 aromatic rings. The second-order valence-electron chi connectivity index (χ2n) is 5.03. The van der Waals surface area contributed by atoms with E-state index in [1.807, 2.05) is 0 Å². The molecule has 0 heterocycles. The summed E-state index contributed by atoms with van der Waals surface area (Å²) < 4.78 is 11.7. The lowest BCUT2D eigenvalue weighted by Crippen LogP contribution is -2.60. The van der Waals surface area contributed by atoms with Gasteiger partial charge in [0.05, 0.1) is 18.3 Å². The Hall–Kier alpha value is -0.120. The quantitative estimate of drug-likeness (QED) is 0.780. The molecule has 0 bridgehead atoms. The third-order valence-electron chi connectivity index (χ3n) is 3.91. The first kappa shape index (κ1) is 12.3. The Labute approximate surface area is 98.9 Å². The Kier molecular flexibility index (Phi) is 4.62. The molecule has 0 saturated heterocycles. The third kappa shape index (κ3) is 2.76. The lowest BCUT2D eigenvalue weighted by Gasteiger charge is -2.45. The lowest BCUT2D eigenvalue weighted by atomic mass is 9.84. The molecule has 0 aromatic heterocycles. The summed E-state index contributed by atoms with van der Waals surface area (Å²) in [5.41, 5.74) is 0. The van der Waals surface area contributed by atoms with Crippen LogP contribution >= 0.6 is 0 Å². The molecular formula is C13H25NO2. The molecule has 94 valence electrons. The van der Waals surface area contributed by atoms with Crippen LogP contribution < -0.4 is 5.32 Å². The Bertz CT molecular complexity index is 204. The van der Waals surface area contributed by atoms with E-state index in [4.69, 9.17) is 9.47 Å². The van der Waals surface area contributed by atoms with Crippen LogP contribution in [0.25, 0.3) is 0 Å². The number of hydrogen-bond acceptors (Lipinski definition) is 3. The summed E-state index contributed by atoms with van der Waals surface area (Å²) in [5, 5.41) is 3.45. The molecule has 3 atom stereocenters. The van der Waals surface area contributed by atoms with Crippen LogP contribution in [0.1, 0.15) is 45.4 Å². The van der Waals surface area contributed by atoms with Gasteiger partial charge < -0.3 is 14.8 Å². The highest BCUT2D eigenvalue weighted by Gasteiger charge is 2.42. The summed E-state index contributed by atoms with van der Waals surface area (Å²) in [4.78, 5) is 0. The van der Waals surface area contributed by atoms with Crippen LogP contribution in [0.2, 0.25) is 0 Å². The monoisotopic (exact) mass is 227 g/mol. The molecule has 2 rings (SSSR count). The zero-order valence-electron chi connectivity index (χ0n) is 10.6. The largest absolute Gasteiger partial charge is 0.377 e. The van der Waals surface area contributed by atoms with E-state index < -0.39 is 0 Å². The van der Waals surface area contributed by atoms with E-state index >= 15 is 0 Å². The van der Waals surface area contributed by atoms with E-state index in [0.29, 0.717) is 18.2 Å². The van der Waals surface area contributed by atoms with E-state index in [9.17, 15) is 0 Å². The molecule has 0 amide bonds. The van der Waals surface area contributed by atoms with E-state index in [1.165, 1.54) is 32.1 Å². The molecule has 1 N–H and O–H groups in total. The third-order valence-corrected chi connectivity index (χ3v) is 3.91. The summed E-state index contributed by atoms with van der Waals surface area (Å²) in [5.74, 6) is 0. The van der Waals surface area contributed by atoms with Crippen molar-refractivity contribution in [1.29, 1.82) is 0 Å². The molecule has 2 saturated carbocycles. The molecule has 3 nitrogen and oxygen atoms in total. The SMILES string of the molecule is CCNC1CC(OC2CCCCC2)C1OC. The molecule has 2 aliphatic carbocycles. The minimum absolute atomic E-state index is 0.266. The first-order valence-corrected chi connectivity index (χ1v) is 6.76. The number of hydrogen-bond donors (Lipinski definition) is 1. The number of methoxy groups -OCH3 is 1. The minimum Gasteiger partial charge on any atom is -0.377 e. The first-order chi connectivity index (χ1) is 7.85. The summed E-state index contributed by atoms with van der Waals surface area (Å²) >= 11 is 0. The van der Waals surface area contributed by atoms with Crippen molar-refractivity contribution in [2.24, 2.45) is 0 Å². The molecule has 0 aromatic carbocycles. The predicted octanol–water partition coefficient (Wildman–Crippen LogP) is 2.10. The highest BCUT2D eigenvalue weighted by molar-refractivity contribution is 4.97. The Balaban J connectivity index is 1.73. The summed E-state index contributed by atoms with van der Waals surface area (Å²) in [6.07, 6.45) is 8.77. The number of rotatable bonds is 5. The van der Waals surface area contributed by atoms with E-state index in [1.54, 1.807) is 7.11 Å². The van der Waals surface area contributed by atoms with Crippen LogP contribution in [0.15, 0.2) is 0 Å². The number of ether oxygens (including phenoxy) is 2. The Morgan fingerprint density at radius 2 is 1.94 bits per heavy atom. The fraction of sp³-hybridized carbons (Fsp3) is 1.00. The maximum atomic E-state index is 6.14. The number of nitrogens with one attached hydrogen (secondary N) is 1. The fourth-order valence-corrected chi connectivity index (χ4v) is 2.94. The van der Waals surface area contributed by atoms with Gasteiger partial charge in [-0.2, -0.15) is 0 Å². The molecule has 3 heteroatoms. The van der Waals surface area contributed by atoms with Gasteiger partial charge in [-0.15, -0.1) is 0 Å². The summed E-state index contributed by atoms with van der Waals surface area (Å²) in [6, 6.07) is 0.503. The zero-order valence-corrected chi connectivity index (χ0v) is 10.6. The molecule has 2 aliphatic rings. The zero-order chi connectivity index (χ0) is 11.4. The van der Waals surface area contributed by atoms with Crippen molar-refractivity contribution in [3.05, 3.63) is 0 Å². The van der Waals surface area contributed by atoms with Crippen molar-refractivity contribution in [2.75, 3.05) is 13.7 Å². The maximum Gasteiger partial charge on any atom is 0.0987 e. The molecule has 16 heavy (non-hydrogen) atoms. The lowest BCUT2D eigenvalue weighted by molar-refractivity contribution is -0.162. The minimum atomic E-state index is 0.266. The Morgan fingerprint density at radius 3 is 2.56 bits per heavy atom.